The molecule has 6 nitrogen and oxygen atoms in total. The van der Waals surface area contributed by atoms with Crippen LogP contribution in [0.3, 0.4) is 0 Å². The van der Waals surface area contributed by atoms with Crippen molar-refractivity contribution in [2.24, 2.45) is 0 Å². The molecule has 0 radical (unpaired) electrons. The van der Waals surface area contributed by atoms with Crippen LogP contribution < -0.4 is 0 Å². The van der Waals surface area contributed by atoms with E-state index in [1.165, 1.54) is 19.2 Å². The number of hydrogen-bond acceptors (Lipinski definition) is 4. The Hall–Kier alpha value is -1.51. The van der Waals surface area contributed by atoms with Crippen molar-refractivity contribution in [3.05, 3.63) is 29.6 Å². The van der Waals surface area contributed by atoms with Crippen molar-refractivity contribution in [3.63, 3.8) is 0 Å². The van der Waals surface area contributed by atoms with E-state index in [4.69, 9.17) is 4.74 Å². The number of halogens is 1. The number of hydrogen-bond donors (Lipinski definition) is 1. The van der Waals surface area contributed by atoms with Gasteiger partial charge in [0.05, 0.1) is 6.61 Å². The van der Waals surface area contributed by atoms with Gasteiger partial charge in [-0.3, -0.25) is 4.79 Å². The largest absolute Gasteiger partial charge is 0.480 e. The topological polar surface area (TPSA) is 83.9 Å². The van der Waals surface area contributed by atoms with Crippen molar-refractivity contribution in [2.45, 2.75) is 30.2 Å². The molecule has 1 fully saturated rings. The van der Waals surface area contributed by atoms with Crippen molar-refractivity contribution >= 4 is 16.0 Å². The van der Waals surface area contributed by atoms with Gasteiger partial charge in [0.25, 0.3) is 0 Å². The predicted molar refractivity (Wildman–Crippen MR) is 76.5 cm³/mol. The summed E-state index contributed by atoms with van der Waals surface area (Å²) >= 11 is 0. The molecule has 0 spiro atoms. The van der Waals surface area contributed by atoms with Gasteiger partial charge in [-0.1, -0.05) is 6.07 Å². The first-order valence-electron chi connectivity index (χ1n) is 6.77. The molecule has 0 amide bonds. The van der Waals surface area contributed by atoms with Gasteiger partial charge in [0, 0.05) is 13.7 Å². The van der Waals surface area contributed by atoms with Crippen LogP contribution >= 0.6 is 0 Å². The average molecular weight is 331 g/mol. The third-order valence-electron chi connectivity index (χ3n) is 3.86. The summed E-state index contributed by atoms with van der Waals surface area (Å²) in [7, 11) is -2.96. The lowest BCUT2D eigenvalue weighted by molar-refractivity contribution is -0.150. The summed E-state index contributed by atoms with van der Waals surface area (Å²) in [6.07, 6.45) is 0.505. The molecule has 0 saturated carbocycles. The first kappa shape index (κ1) is 16.9. The van der Waals surface area contributed by atoms with E-state index in [0.717, 1.165) is 10.4 Å². The maximum absolute atomic E-state index is 14.0. The van der Waals surface area contributed by atoms with Crippen LogP contribution in [0, 0.1) is 12.7 Å². The second-order valence-electron chi connectivity index (χ2n) is 5.38. The van der Waals surface area contributed by atoms with E-state index in [9.17, 15) is 22.7 Å². The fourth-order valence-electron chi connectivity index (χ4n) is 2.79. The molecule has 0 aliphatic carbocycles. The highest BCUT2D eigenvalue weighted by molar-refractivity contribution is 7.89. The van der Waals surface area contributed by atoms with Crippen LogP contribution in [0.4, 0.5) is 4.39 Å². The van der Waals surface area contributed by atoms with Crippen molar-refractivity contribution < 1.29 is 27.4 Å². The Labute approximate surface area is 128 Å². The smallest absolute Gasteiger partial charge is 0.327 e. The van der Waals surface area contributed by atoms with E-state index in [1.54, 1.807) is 6.92 Å². The van der Waals surface area contributed by atoms with Gasteiger partial charge < -0.3 is 9.84 Å². The summed E-state index contributed by atoms with van der Waals surface area (Å²) in [6, 6.07) is 3.73. The zero-order chi connectivity index (χ0) is 16.5. The summed E-state index contributed by atoms with van der Waals surface area (Å²) in [5.74, 6) is -2.18. The third-order valence-corrected chi connectivity index (χ3v) is 5.85. The van der Waals surface area contributed by atoms with Gasteiger partial charge in [-0.15, -0.1) is 0 Å². The number of carboxylic acids is 1. The molecular weight excluding hydrogens is 313 g/mol. The number of nitrogens with zero attached hydrogens (tertiary/aromatic N) is 1. The van der Waals surface area contributed by atoms with Gasteiger partial charge in [0.1, 0.15) is 10.7 Å². The number of ether oxygens (including phenoxy) is 1. The molecule has 1 aliphatic heterocycles. The molecule has 1 unspecified atom stereocenters. The molecule has 1 saturated heterocycles. The number of aliphatic carboxylic acids is 1. The fourth-order valence-corrected chi connectivity index (χ4v) is 4.73. The number of carbonyl (C=O) groups is 1. The molecule has 8 heteroatoms. The van der Waals surface area contributed by atoms with Crippen molar-refractivity contribution in [1.29, 1.82) is 0 Å². The molecule has 2 rings (SSSR count). The van der Waals surface area contributed by atoms with Crippen LogP contribution in [0.1, 0.15) is 18.4 Å². The highest BCUT2D eigenvalue weighted by Crippen LogP contribution is 2.36. The molecule has 1 aromatic carbocycles. The molecule has 22 heavy (non-hydrogen) atoms. The Bertz CT molecular complexity index is 690. The standard InChI is InChI=1S/C14H18FNO5S/c1-10-4-5-11(15)12(8-10)22(19,20)16-7-3-6-14(16,9-21-2)13(17)18/h4-5,8H,3,6-7,9H2,1-2H3,(H,17,18). The average Bonchev–Trinajstić information content (AvgIpc) is 2.87. The molecule has 0 bridgehead atoms. The molecule has 0 aromatic heterocycles. The summed E-state index contributed by atoms with van der Waals surface area (Å²) < 4.78 is 45.3. The third kappa shape index (κ3) is 2.62. The van der Waals surface area contributed by atoms with Crippen molar-refractivity contribution in [1.82, 2.24) is 4.31 Å². The first-order valence-corrected chi connectivity index (χ1v) is 8.21. The monoisotopic (exact) mass is 331 g/mol. The Kier molecular flexibility index (Phi) is 4.55. The van der Waals surface area contributed by atoms with Crippen LogP contribution in [0.25, 0.3) is 0 Å². The quantitative estimate of drug-likeness (QED) is 0.881. The lowest BCUT2D eigenvalue weighted by Gasteiger charge is -2.33. The SMILES string of the molecule is COCC1(C(=O)O)CCCN1S(=O)(=O)c1cc(C)ccc1F. The van der Waals surface area contributed by atoms with Gasteiger partial charge in [-0.05, 0) is 37.5 Å². The van der Waals surface area contributed by atoms with E-state index in [-0.39, 0.29) is 19.6 Å². The van der Waals surface area contributed by atoms with E-state index < -0.39 is 32.2 Å². The first-order chi connectivity index (χ1) is 10.3. The number of carboxylic acid groups (broad SMARTS) is 1. The normalized spacial score (nSPS) is 22.9. The number of methoxy groups -OCH3 is 1. The van der Waals surface area contributed by atoms with Crippen LogP contribution in [-0.2, 0) is 19.6 Å². The van der Waals surface area contributed by atoms with Gasteiger partial charge in [-0.2, -0.15) is 4.31 Å². The Morgan fingerprint density at radius 3 is 2.77 bits per heavy atom. The lowest BCUT2D eigenvalue weighted by Crippen LogP contribution is -2.56. The zero-order valence-corrected chi connectivity index (χ0v) is 13.2. The number of rotatable bonds is 5. The molecule has 1 aliphatic rings. The Balaban J connectivity index is 2.56. The molecule has 122 valence electrons. The lowest BCUT2D eigenvalue weighted by atomic mass is 9.99. The van der Waals surface area contributed by atoms with Crippen LogP contribution in [0.15, 0.2) is 23.1 Å². The molecule has 1 heterocycles. The van der Waals surface area contributed by atoms with Gasteiger partial charge in [0.15, 0.2) is 5.54 Å². The highest BCUT2D eigenvalue weighted by Gasteiger charge is 2.54. The zero-order valence-electron chi connectivity index (χ0n) is 12.4. The van der Waals surface area contributed by atoms with Gasteiger partial charge >= 0.3 is 5.97 Å². The van der Waals surface area contributed by atoms with E-state index in [0.29, 0.717) is 12.0 Å². The maximum Gasteiger partial charge on any atom is 0.327 e. The minimum absolute atomic E-state index is 0.0192. The Morgan fingerprint density at radius 2 is 2.18 bits per heavy atom. The van der Waals surface area contributed by atoms with Crippen molar-refractivity contribution in [3.8, 4) is 0 Å². The van der Waals surface area contributed by atoms with E-state index in [1.807, 2.05) is 0 Å². The molecule has 1 aromatic rings. The molecule has 1 atom stereocenters. The van der Waals surface area contributed by atoms with Gasteiger partial charge in [0.2, 0.25) is 10.0 Å². The summed E-state index contributed by atoms with van der Waals surface area (Å²) in [4.78, 5) is 11.2. The summed E-state index contributed by atoms with van der Waals surface area (Å²) in [5.41, 5.74) is -1.11. The second-order valence-corrected chi connectivity index (χ2v) is 7.22. The maximum atomic E-state index is 14.0. The van der Waals surface area contributed by atoms with Crippen LogP contribution in [-0.4, -0.2) is 49.6 Å². The minimum Gasteiger partial charge on any atom is -0.480 e. The van der Waals surface area contributed by atoms with Gasteiger partial charge in [-0.25, -0.2) is 12.8 Å². The summed E-state index contributed by atoms with van der Waals surface area (Å²) in [6.45, 7) is 1.38. The fraction of sp³-hybridized carbons (Fsp3) is 0.500. The molecular formula is C14H18FNO5S. The Morgan fingerprint density at radius 1 is 1.50 bits per heavy atom. The second kappa shape index (κ2) is 5.94. The number of aryl methyl sites for hydroxylation is 1. The minimum atomic E-state index is -4.27. The van der Waals surface area contributed by atoms with Crippen LogP contribution in [0.2, 0.25) is 0 Å². The molecule has 1 N–H and O–H groups in total. The van der Waals surface area contributed by atoms with Crippen LogP contribution in [0.5, 0.6) is 0 Å². The van der Waals surface area contributed by atoms with E-state index in [2.05, 4.69) is 0 Å². The van der Waals surface area contributed by atoms with Crippen molar-refractivity contribution in [2.75, 3.05) is 20.3 Å². The number of sulfonamides is 1. The van der Waals surface area contributed by atoms with E-state index >= 15 is 0 Å². The number of benzene rings is 1. The summed E-state index contributed by atoms with van der Waals surface area (Å²) in [5, 5.41) is 9.52. The highest BCUT2D eigenvalue weighted by atomic mass is 32.2. The predicted octanol–water partition coefficient (Wildman–Crippen LogP) is 1.39.